The van der Waals surface area contributed by atoms with Crippen molar-refractivity contribution in [1.82, 2.24) is 5.32 Å². The van der Waals surface area contributed by atoms with E-state index in [1.807, 2.05) is 51.1 Å². The second-order valence-electron chi connectivity index (χ2n) is 6.87. The highest BCUT2D eigenvalue weighted by atomic mass is 32.1. The molecule has 0 saturated carbocycles. The second kappa shape index (κ2) is 8.84. The molecular formula is C23H22N2O3S. The zero-order chi connectivity index (χ0) is 21.0. The Morgan fingerprint density at radius 1 is 0.862 bits per heavy atom. The molecule has 2 amide bonds. The van der Waals surface area contributed by atoms with Crippen molar-refractivity contribution in [1.29, 1.82) is 0 Å². The standard InChI is InChI=1S/C23H22N2O3S/c1-14-11-15(2)20(16(3)12-14)25-23(28)22(27)24-13-18-9-10-19(29-18)21(26)17-7-5-4-6-8-17/h4-12H,13H2,1-3H3,(H,24,27)(H,25,28). The molecule has 0 aliphatic rings. The van der Waals surface area contributed by atoms with Gasteiger partial charge in [-0.05, 0) is 44.0 Å². The van der Waals surface area contributed by atoms with Gasteiger partial charge in [0.1, 0.15) is 0 Å². The first-order valence-electron chi connectivity index (χ1n) is 9.20. The van der Waals surface area contributed by atoms with Gasteiger partial charge in [0.25, 0.3) is 0 Å². The Balaban J connectivity index is 1.59. The average Bonchev–Trinajstić information content (AvgIpc) is 3.17. The Kier molecular flexibility index (Phi) is 6.24. The average molecular weight is 407 g/mol. The van der Waals surface area contributed by atoms with Gasteiger partial charge in [0.05, 0.1) is 11.4 Å². The first-order valence-corrected chi connectivity index (χ1v) is 10.0. The summed E-state index contributed by atoms with van der Waals surface area (Å²) in [5.74, 6) is -1.48. The lowest BCUT2D eigenvalue weighted by molar-refractivity contribution is -0.136. The molecular weight excluding hydrogens is 384 g/mol. The lowest BCUT2D eigenvalue weighted by Crippen LogP contribution is -2.35. The molecule has 0 radical (unpaired) electrons. The van der Waals surface area contributed by atoms with Gasteiger partial charge in [0, 0.05) is 16.1 Å². The van der Waals surface area contributed by atoms with Crippen molar-refractivity contribution in [3.8, 4) is 0 Å². The normalized spacial score (nSPS) is 10.4. The number of thiophene rings is 1. The Hall–Kier alpha value is -3.25. The van der Waals surface area contributed by atoms with Crippen LogP contribution in [0.2, 0.25) is 0 Å². The number of benzene rings is 2. The molecule has 0 bridgehead atoms. The van der Waals surface area contributed by atoms with Crippen LogP contribution in [-0.2, 0) is 16.1 Å². The lowest BCUT2D eigenvalue weighted by atomic mass is 10.1. The number of hydrogen-bond acceptors (Lipinski definition) is 4. The number of nitrogens with one attached hydrogen (secondary N) is 2. The van der Waals surface area contributed by atoms with Crippen LogP contribution < -0.4 is 10.6 Å². The number of aryl methyl sites for hydroxylation is 3. The van der Waals surface area contributed by atoms with Gasteiger partial charge in [-0.2, -0.15) is 0 Å². The third-order valence-electron chi connectivity index (χ3n) is 4.47. The van der Waals surface area contributed by atoms with E-state index >= 15 is 0 Å². The third kappa shape index (κ3) is 4.97. The minimum atomic E-state index is -0.714. The highest BCUT2D eigenvalue weighted by Crippen LogP contribution is 2.22. The molecule has 5 nitrogen and oxygen atoms in total. The van der Waals surface area contributed by atoms with Crippen molar-refractivity contribution >= 4 is 34.6 Å². The molecule has 2 aromatic carbocycles. The summed E-state index contributed by atoms with van der Waals surface area (Å²) in [4.78, 5) is 38.3. The van der Waals surface area contributed by atoms with E-state index in [0.717, 1.165) is 21.6 Å². The predicted molar refractivity (Wildman–Crippen MR) is 115 cm³/mol. The van der Waals surface area contributed by atoms with Crippen LogP contribution in [0.5, 0.6) is 0 Å². The first kappa shape index (κ1) is 20.5. The highest BCUT2D eigenvalue weighted by Gasteiger charge is 2.17. The lowest BCUT2D eigenvalue weighted by Gasteiger charge is -2.12. The van der Waals surface area contributed by atoms with E-state index in [0.29, 0.717) is 16.1 Å². The summed E-state index contributed by atoms with van der Waals surface area (Å²) < 4.78 is 0. The molecule has 3 aromatic rings. The van der Waals surface area contributed by atoms with Gasteiger partial charge in [-0.1, -0.05) is 48.0 Å². The fourth-order valence-electron chi connectivity index (χ4n) is 3.12. The number of carbonyl (C=O) groups excluding carboxylic acids is 3. The number of ketones is 1. The molecule has 0 aliphatic heterocycles. The van der Waals surface area contributed by atoms with Gasteiger partial charge in [0.2, 0.25) is 5.78 Å². The van der Waals surface area contributed by atoms with Crippen LogP contribution in [0.15, 0.2) is 54.6 Å². The van der Waals surface area contributed by atoms with Gasteiger partial charge in [-0.15, -0.1) is 11.3 Å². The monoisotopic (exact) mass is 406 g/mol. The van der Waals surface area contributed by atoms with Gasteiger partial charge < -0.3 is 10.6 Å². The number of rotatable bonds is 5. The van der Waals surface area contributed by atoms with Crippen LogP contribution in [0.25, 0.3) is 0 Å². The molecule has 0 atom stereocenters. The third-order valence-corrected chi connectivity index (χ3v) is 5.55. The number of anilines is 1. The molecule has 6 heteroatoms. The maximum Gasteiger partial charge on any atom is 0.313 e. The Morgan fingerprint density at radius 3 is 2.17 bits per heavy atom. The Morgan fingerprint density at radius 2 is 1.52 bits per heavy atom. The molecule has 1 aromatic heterocycles. The van der Waals surface area contributed by atoms with Crippen molar-refractivity contribution in [2.45, 2.75) is 27.3 Å². The zero-order valence-corrected chi connectivity index (χ0v) is 17.4. The molecule has 0 saturated heterocycles. The highest BCUT2D eigenvalue weighted by molar-refractivity contribution is 7.14. The Labute approximate surface area is 173 Å². The maximum absolute atomic E-state index is 12.5. The molecule has 148 valence electrons. The molecule has 29 heavy (non-hydrogen) atoms. The quantitative estimate of drug-likeness (QED) is 0.493. The fraction of sp³-hybridized carbons (Fsp3) is 0.174. The van der Waals surface area contributed by atoms with E-state index in [9.17, 15) is 14.4 Å². The van der Waals surface area contributed by atoms with E-state index in [1.54, 1.807) is 24.3 Å². The maximum atomic E-state index is 12.5. The number of hydrogen-bond donors (Lipinski definition) is 2. The summed E-state index contributed by atoms with van der Waals surface area (Å²) in [7, 11) is 0. The van der Waals surface area contributed by atoms with Crippen molar-refractivity contribution in [3.63, 3.8) is 0 Å². The van der Waals surface area contributed by atoms with Gasteiger partial charge in [0.15, 0.2) is 0 Å². The summed E-state index contributed by atoms with van der Waals surface area (Å²) >= 11 is 1.30. The van der Waals surface area contributed by atoms with Crippen LogP contribution in [0.3, 0.4) is 0 Å². The summed E-state index contributed by atoms with van der Waals surface area (Å²) in [5, 5.41) is 5.29. The minimum Gasteiger partial charge on any atom is -0.343 e. The van der Waals surface area contributed by atoms with Gasteiger partial charge >= 0.3 is 11.8 Å². The van der Waals surface area contributed by atoms with Crippen molar-refractivity contribution in [2.24, 2.45) is 0 Å². The molecule has 1 heterocycles. The summed E-state index contributed by atoms with van der Waals surface area (Å²) in [6, 6.07) is 16.5. The molecule has 0 unspecified atom stereocenters. The van der Waals surface area contributed by atoms with E-state index < -0.39 is 11.8 Å². The smallest absolute Gasteiger partial charge is 0.313 e. The van der Waals surface area contributed by atoms with Crippen LogP contribution in [0.1, 0.15) is 36.8 Å². The predicted octanol–water partition coefficient (Wildman–Crippen LogP) is 4.16. The first-order chi connectivity index (χ1) is 13.8. The van der Waals surface area contributed by atoms with Crippen LogP contribution >= 0.6 is 11.3 Å². The van der Waals surface area contributed by atoms with E-state index in [-0.39, 0.29) is 12.3 Å². The Bertz CT molecular complexity index is 1050. The van der Waals surface area contributed by atoms with Crippen LogP contribution in [0, 0.1) is 20.8 Å². The topological polar surface area (TPSA) is 75.3 Å². The molecule has 2 N–H and O–H groups in total. The number of amides is 2. The van der Waals surface area contributed by atoms with Crippen molar-refractivity contribution in [3.05, 3.63) is 86.6 Å². The van der Waals surface area contributed by atoms with Crippen LogP contribution in [0.4, 0.5) is 5.69 Å². The molecule has 0 spiro atoms. The van der Waals surface area contributed by atoms with E-state index in [4.69, 9.17) is 0 Å². The molecule has 0 aliphatic carbocycles. The molecule has 3 rings (SSSR count). The zero-order valence-electron chi connectivity index (χ0n) is 16.5. The van der Waals surface area contributed by atoms with E-state index in [1.165, 1.54) is 11.3 Å². The SMILES string of the molecule is Cc1cc(C)c(NC(=O)C(=O)NCc2ccc(C(=O)c3ccccc3)s2)c(C)c1. The number of carbonyl (C=O) groups is 3. The summed E-state index contributed by atoms with van der Waals surface area (Å²) in [6.07, 6.45) is 0. The second-order valence-corrected chi connectivity index (χ2v) is 8.04. The fourth-order valence-corrected chi connectivity index (χ4v) is 4.03. The molecule has 0 fully saturated rings. The summed E-state index contributed by atoms with van der Waals surface area (Å²) in [5.41, 5.74) is 4.19. The van der Waals surface area contributed by atoms with Crippen molar-refractivity contribution in [2.75, 3.05) is 5.32 Å². The van der Waals surface area contributed by atoms with Gasteiger partial charge in [-0.25, -0.2) is 0 Å². The summed E-state index contributed by atoms with van der Waals surface area (Å²) in [6.45, 7) is 5.95. The van der Waals surface area contributed by atoms with Crippen LogP contribution in [-0.4, -0.2) is 17.6 Å². The van der Waals surface area contributed by atoms with E-state index in [2.05, 4.69) is 10.6 Å². The largest absolute Gasteiger partial charge is 0.343 e. The van der Waals surface area contributed by atoms with Gasteiger partial charge in [-0.3, -0.25) is 14.4 Å². The van der Waals surface area contributed by atoms with Crippen molar-refractivity contribution < 1.29 is 14.4 Å². The minimum absolute atomic E-state index is 0.0590.